The maximum absolute atomic E-state index is 12.5. The minimum atomic E-state index is -4.15. The van der Waals surface area contributed by atoms with Crippen molar-refractivity contribution < 1.29 is 32.9 Å². The zero-order valence-corrected chi connectivity index (χ0v) is 25.7. The minimum Gasteiger partial charge on any atom is -0.466 e. The van der Waals surface area contributed by atoms with Gasteiger partial charge in [-0.2, -0.15) is 24.9 Å². The largest absolute Gasteiger partial charge is 0.466 e. The number of esters is 1. The number of rotatable bonds is 23. The number of aliphatic hydroxyl groups is 2. The molecule has 0 amide bonds. The predicted octanol–water partition coefficient (Wildman–Crippen LogP) is 9.00. The average Bonchev–Trinajstić information content (AvgIpc) is 3.21. The predicted molar refractivity (Wildman–Crippen MR) is 156 cm³/mol. The number of aliphatic hydroxyl groups excluding tert-OH is 2. The van der Waals surface area contributed by atoms with Crippen LogP contribution in [0.3, 0.4) is 0 Å². The SMILES string of the molecule is CCCCCCCCCCOC(=O)CCCCCCC1C(O)CCC1SCC(O)C(C)(C)CCCC(F)(F)F. The molecule has 4 nitrogen and oxygen atoms in total. The Labute approximate surface area is 240 Å². The topological polar surface area (TPSA) is 66.8 Å². The number of unbranched alkanes of at least 4 members (excludes halogenated alkanes) is 10. The standard InChI is InChI=1S/C31H57F3O4S/c1-4-5-6-7-8-9-12-15-23-38-29(37)18-14-11-10-13-17-25-26(35)19-20-27(25)39-24-28(36)30(2,3)21-16-22-31(32,33)34/h25-28,35-36H,4-24H2,1-3H3. The molecule has 232 valence electrons. The Morgan fingerprint density at radius 2 is 1.51 bits per heavy atom. The molecule has 39 heavy (non-hydrogen) atoms. The van der Waals surface area contributed by atoms with Crippen molar-refractivity contribution >= 4 is 17.7 Å². The van der Waals surface area contributed by atoms with Crippen molar-refractivity contribution in [3.63, 3.8) is 0 Å². The molecule has 1 aliphatic carbocycles. The van der Waals surface area contributed by atoms with Crippen molar-refractivity contribution in [3.8, 4) is 0 Å². The number of hydrogen-bond donors (Lipinski definition) is 2. The molecule has 4 unspecified atom stereocenters. The number of carbonyl (C=O) groups excluding carboxylic acids is 1. The van der Waals surface area contributed by atoms with Crippen LogP contribution < -0.4 is 0 Å². The Bertz CT molecular complexity index is 629. The first-order valence-electron chi connectivity index (χ1n) is 15.7. The zero-order valence-electron chi connectivity index (χ0n) is 24.9. The van der Waals surface area contributed by atoms with E-state index in [2.05, 4.69) is 6.92 Å². The van der Waals surface area contributed by atoms with Crippen LogP contribution in [0.5, 0.6) is 0 Å². The van der Waals surface area contributed by atoms with E-state index >= 15 is 0 Å². The van der Waals surface area contributed by atoms with E-state index in [9.17, 15) is 28.2 Å². The lowest BCUT2D eigenvalue weighted by Gasteiger charge is -2.32. The second-order valence-corrected chi connectivity index (χ2v) is 13.6. The van der Waals surface area contributed by atoms with Crippen LogP contribution in [-0.2, 0) is 9.53 Å². The third-order valence-electron chi connectivity index (χ3n) is 8.30. The molecular weight excluding hydrogens is 525 g/mol. The molecule has 1 saturated carbocycles. The van der Waals surface area contributed by atoms with Crippen LogP contribution >= 0.6 is 11.8 Å². The van der Waals surface area contributed by atoms with Gasteiger partial charge in [0.1, 0.15) is 0 Å². The maximum Gasteiger partial charge on any atom is 0.389 e. The lowest BCUT2D eigenvalue weighted by atomic mass is 9.82. The molecule has 1 rings (SSSR count). The van der Waals surface area contributed by atoms with Gasteiger partial charge in [-0.25, -0.2) is 0 Å². The molecule has 0 bridgehead atoms. The molecule has 0 radical (unpaired) electrons. The van der Waals surface area contributed by atoms with E-state index in [4.69, 9.17) is 4.74 Å². The summed E-state index contributed by atoms with van der Waals surface area (Å²) in [5, 5.41) is 21.4. The lowest BCUT2D eigenvalue weighted by molar-refractivity contribution is -0.144. The van der Waals surface area contributed by atoms with Crippen LogP contribution in [-0.4, -0.2) is 52.2 Å². The highest BCUT2D eigenvalue weighted by molar-refractivity contribution is 7.99. The zero-order chi connectivity index (χ0) is 29.2. The van der Waals surface area contributed by atoms with E-state index in [-0.39, 0.29) is 29.7 Å². The highest BCUT2D eigenvalue weighted by Gasteiger charge is 2.37. The minimum absolute atomic E-state index is 0.0277. The van der Waals surface area contributed by atoms with Gasteiger partial charge in [0.2, 0.25) is 0 Å². The van der Waals surface area contributed by atoms with Crippen LogP contribution in [0.15, 0.2) is 0 Å². The molecule has 0 saturated heterocycles. The van der Waals surface area contributed by atoms with Gasteiger partial charge in [0.25, 0.3) is 0 Å². The number of halogens is 3. The van der Waals surface area contributed by atoms with E-state index in [0.29, 0.717) is 25.2 Å². The van der Waals surface area contributed by atoms with E-state index < -0.39 is 24.1 Å². The monoisotopic (exact) mass is 582 g/mol. The summed E-state index contributed by atoms with van der Waals surface area (Å²) in [6, 6.07) is 0. The van der Waals surface area contributed by atoms with Gasteiger partial charge in [-0.1, -0.05) is 85.0 Å². The number of ether oxygens (including phenoxy) is 1. The summed E-state index contributed by atoms with van der Waals surface area (Å²) in [5.41, 5.74) is -0.569. The Morgan fingerprint density at radius 1 is 0.897 bits per heavy atom. The Balaban J connectivity index is 2.14. The number of hydrogen-bond acceptors (Lipinski definition) is 5. The van der Waals surface area contributed by atoms with E-state index in [1.54, 1.807) is 11.8 Å². The first kappa shape index (κ1) is 36.6. The summed E-state index contributed by atoms with van der Waals surface area (Å²) >= 11 is 1.67. The first-order valence-corrected chi connectivity index (χ1v) is 16.7. The quantitative estimate of drug-likeness (QED) is 0.0929. The molecule has 0 spiro atoms. The molecule has 0 aromatic rings. The second kappa shape index (κ2) is 20.4. The molecule has 1 aliphatic rings. The first-order chi connectivity index (χ1) is 18.5. The smallest absolute Gasteiger partial charge is 0.389 e. The molecule has 2 N–H and O–H groups in total. The summed E-state index contributed by atoms with van der Waals surface area (Å²) in [4.78, 5) is 11.9. The van der Waals surface area contributed by atoms with Gasteiger partial charge < -0.3 is 14.9 Å². The van der Waals surface area contributed by atoms with Crippen LogP contribution in [0, 0.1) is 11.3 Å². The third-order valence-corrected chi connectivity index (χ3v) is 9.82. The van der Waals surface area contributed by atoms with E-state index in [1.165, 1.54) is 38.5 Å². The summed E-state index contributed by atoms with van der Waals surface area (Å²) < 4.78 is 42.8. The van der Waals surface area contributed by atoms with Gasteiger partial charge in [-0.3, -0.25) is 4.79 Å². The summed E-state index contributed by atoms with van der Waals surface area (Å²) in [5.74, 6) is 0.571. The van der Waals surface area contributed by atoms with Crippen molar-refractivity contribution in [1.82, 2.24) is 0 Å². The van der Waals surface area contributed by atoms with Gasteiger partial charge in [-0.15, -0.1) is 0 Å². The van der Waals surface area contributed by atoms with Crippen molar-refractivity contribution in [2.24, 2.45) is 11.3 Å². The Hall–Kier alpha value is -0.470. The molecule has 0 aromatic carbocycles. The fourth-order valence-corrected chi connectivity index (χ4v) is 7.19. The Kier molecular flexibility index (Phi) is 19.1. The van der Waals surface area contributed by atoms with Gasteiger partial charge in [0.15, 0.2) is 0 Å². The molecule has 4 atom stereocenters. The van der Waals surface area contributed by atoms with Crippen molar-refractivity contribution in [3.05, 3.63) is 0 Å². The fourth-order valence-electron chi connectivity index (χ4n) is 5.44. The van der Waals surface area contributed by atoms with Crippen molar-refractivity contribution in [1.29, 1.82) is 0 Å². The summed E-state index contributed by atoms with van der Waals surface area (Å²) in [6.07, 6.45) is 11.1. The van der Waals surface area contributed by atoms with E-state index in [0.717, 1.165) is 57.8 Å². The highest BCUT2D eigenvalue weighted by Crippen LogP contribution is 2.40. The van der Waals surface area contributed by atoms with Gasteiger partial charge in [0, 0.05) is 23.8 Å². The molecule has 1 fully saturated rings. The van der Waals surface area contributed by atoms with Crippen LogP contribution in [0.2, 0.25) is 0 Å². The third kappa shape index (κ3) is 17.8. The van der Waals surface area contributed by atoms with Gasteiger partial charge in [-0.05, 0) is 56.3 Å². The number of thioether (sulfide) groups is 1. The second-order valence-electron chi connectivity index (χ2n) is 12.3. The summed E-state index contributed by atoms with van der Waals surface area (Å²) in [7, 11) is 0. The van der Waals surface area contributed by atoms with Gasteiger partial charge in [0.05, 0.1) is 18.8 Å². The number of carbonyl (C=O) groups is 1. The lowest BCUT2D eigenvalue weighted by Crippen LogP contribution is -2.33. The molecule has 0 aliphatic heterocycles. The fraction of sp³-hybridized carbons (Fsp3) is 0.968. The maximum atomic E-state index is 12.5. The van der Waals surface area contributed by atoms with Gasteiger partial charge >= 0.3 is 12.1 Å². The van der Waals surface area contributed by atoms with Crippen LogP contribution in [0.1, 0.15) is 143 Å². The Morgan fingerprint density at radius 3 is 2.18 bits per heavy atom. The molecule has 0 aromatic heterocycles. The normalized spacial score (nSPS) is 20.9. The molecule has 0 heterocycles. The van der Waals surface area contributed by atoms with Crippen molar-refractivity contribution in [2.45, 2.75) is 166 Å². The molecule has 8 heteroatoms. The number of alkyl halides is 3. The molecular formula is C31H57F3O4S. The average molecular weight is 583 g/mol. The summed E-state index contributed by atoms with van der Waals surface area (Å²) in [6.45, 7) is 6.43. The van der Waals surface area contributed by atoms with Crippen molar-refractivity contribution in [2.75, 3.05) is 12.4 Å². The van der Waals surface area contributed by atoms with Crippen LogP contribution in [0.4, 0.5) is 13.2 Å². The van der Waals surface area contributed by atoms with E-state index in [1.807, 2.05) is 13.8 Å². The highest BCUT2D eigenvalue weighted by atomic mass is 32.2. The van der Waals surface area contributed by atoms with Crippen LogP contribution in [0.25, 0.3) is 0 Å².